The first-order chi connectivity index (χ1) is 8.97. The molecule has 1 aliphatic rings. The van der Waals surface area contributed by atoms with Crippen molar-refractivity contribution >= 4 is 40.1 Å². The van der Waals surface area contributed by atoms with Crippen LogP contribution in [0.2, 0.25) is 5.02 Å². The third kappa shape index (κ3) is 3.42. The molecule has 1 aromatic carbocycles. The number of phenols is 1. The van der Waals surface area contributed by atoms with Gasteiger partial charge in [-0.15, -0.1) is 0 Å². The number of thioether (sulfide) groups is 1. The van der Waals surface area contributed by atoms with Crippen LogP contribution in [0.1, 0.15) is 13.3 Å². The molecule has 1 heterocycles. The molecule has 2 rings (SSSR count). The average molecular weight is 300 g/mol. The first kappa shape index (κ1) is 14.2. The second-order valence-electron chi connectivity index (χ2n) is 4.51. The van der Waals surface area contributed by atoms with Crippen LogP contribution in [-0.4, -0.2) is 28.4 Å². The molecule has 0 spiro atoms. The van der Waals surface area contributed by atoms with Crippen LogP contribution in [0.4, 0.5) is 5.69 Å². The van der Waals surface area contributed by atoms with Crippen molar-refractivity contribution in [3.8, 4) is 5.75 Å². The molecule has 1 N–H and O–H groups in total. The van der Waals surface area contributed by atoms with Gasteiger partial charge in [0.2, 0.25) is 5.91 Å². The van der Waals surface area contributed by atoms with E-state index in [-0.39, 0.29) is 22.7 Å². The molecule has 102 valence electrons. The third-order valence-electron chi connectivity index (χ3n) is 2.95. The number of hydrogen-bond donors (Lipinski definition) is 1. The van der Waals surface area contributed by atoms with Crippen molar-refractivity contribution in [2.24, 2.45) is 5.92 Å². The number of phenolic OH excluding ortho intramolecular Hbond substituents is 1. The standard InChI is InChI=1S/C13H14ClNO3S/c1-8(16)19-7-9-4-13(18)15(6-9)12-3-2-10(17)5-11(12)14/h2-3,5,9,17H,4,6-7H2,1H3. The molecule has 1 fully saturated rings. The molecule has 1 unspecified atom stereocenters. The first-order valence-electron chi connectivity index (χ1n) is 5.89. The summed E-state index contributed by atoms with van der Waals surface area (Å²) in [6, 6.07) is 4.56. The van der Waals surface area contributed by atoms with E-state index in [1.807, 2.05) is 0 Å². The molecular formula is C13H14ClNO3S. The summed E-state index contributed by atoms with van der Waals surface area (Å²) in [5, 5.41) is 9.73. The predicted octanol–water partition coefficient (Wildman–Crippen LogP) is 2.68. The lowest BCUT2D eigenvalue weighted by Gasteiger charge is -2.18. The molecule has 0 radical (unpaired) electrons. The second kappa shape index (κ2) is 5.84. The van der Waals surface area contributed by atoms with Gasteiger partial charge in [-0.25, -0.2) is 0 Å². The molecular weight excluding hydrogens is 286 g/mol. The number of carbonyl (C=O) groups excluding carboxylic acids is 2. The molecule has 0 saturated carbocycles. The smallest absolute Gasteiger partial charge is 0.227 e. The third-order valence-corrected chi connectivity index (χ3v) is 4.30. The van der Waals surface area contributed by atoms with Gasteiger partial charge in [0.15, 0.2) is 5.12 Å². The Morgan fingerprint density at radius 2 is 2.32 bits per heavy atom. The summed E-state index contributed by atoms with van der Waals surface area (Å²) in [6.45, 7) is 2.08. The molecule has 0 aliphatic carbocycles. The van der Waals surface area contributed by atoms with E-state index in [1.54, 1.807) is 11.0 Å². The minimum Gasteiger partial charge on any atom is -0.508 e. The highest BCUT2D eigenvalue weighted by Gasteiger charge is 2.31. The van der Waals surface area contributed by atoms with Gasteiger partial charge in [-0.05, 0) is 18.1 Å². The van der Waals surface area contributed by atoms with Crippen LogP contribution < -0.4 is 4.90 Å². The molecule has 1 amide bonds. The fraction of sp³-hybridized carbons (Fsp3) is 0.385. The summed E-state index contributed by atoms with van der Waals surface area (Å²) >= 11 is 7.28. The van der Waals surface area contributed by atoms with E-state index >= 15 is 0 Å². The number of benzene rings is 1. The fourth-order valence-corrected chi connectivity index (χ4v) is 3.05. The highest BCUT2D eigenvalue weighted by atomic mass is 35.5. The van der Waals surface area contributed by atoms with Gasteiger partial charge in [0.1, 0.15) is 5.75 Å². The largest absolute Gasteiger partial charge is 0.508 e. The van der Waals surface area contributed by atoms with Crippen LogP contribution >= 0.6 is 23.4 Å². The lowest BCUT2D eigenvalue weighted by molar-refractivity contribution is -0.117. The van der Waals surface area contributed by atoms with Crippen LogP contribution in [0, 0.1) is 5.92 Å². The topological polar surface area (TPSA) is 57.6 Å². The van der Waals surface area contributed by atoms with Gasteiger partial charge in [0.05, 0.1) is 10.7 Å². The number of rotatable bonds is 3. The number of nitrogens with zero attached hydrogens (tertiary/aromatic N) is 1. The minimum atomic E-state index is 0.00161. The van der Waals surface area contributed by atoms with E-state index in [9.17, 15) is 14.7 Å². The number of aromatic hydroxyl groups is 1. The number of anilines is 1. The highest BCUT2D eigenvalue weighted by Crippen LogP contribution is 2.34. The van der Waals surface area contributed by atoms with Crippen molar-refractivity contribution in [3.05, 3.63) is 23.2 Å². The van der Waals surface area contributed by atoms with Crippen molar-refractivity contribution in [1.82, 2.24) is 0 Å². The molecule has 0 aromatic heterocycles. The zero-order valence-electron chi connectivity index (χ0n) is 10.4. The molecule has 1 aromatic rings. The van der Waals surface area contributed by atoms with Gasteiger partial charge in [-0.1, -0.05) is 23.4 Å². The normalized spacial score (nSPS) is 18.9. The van der Waals surface area contributed by atoms with E-state index in [2.05, 4.69) is 0 Å². The monoisotopic (exact) mass is 299 g/mol. The van der Waals surface area contributed by atoms with Crippen LogP contribution in [0.15, 0.2) is 18.2 Å². The summed E-state index contributed by atoms with van der Waals surface area (Å²) in [5.41, 5.74) is 0.611. The maximum atomic E-state index is 12.0. The van der Waals surface area contributed by atoms with E-state index in [0.29, 0.717) is 29.4 Å². The highest BCUT2D eigenvalue weighted by molar-refractivity contribution is 8.13. The van der Waals surface area contributed by atoms with Gasteiger partial charge in [-0.2, -0.15) is 0 Å². The summed E-state index contributed by atoms with van der Waals surface area (Å²) in [4.78, 5) is 24.5. The quantitative estimate of drug-likeness (QED) is 0.932. The van der Waals surface area contributed by atoms with Crippen molar-refractivity contribution in [2.75, 3.05) is 17.2 Å². The predicted molar refractivity (Wildman–Crippen MR) is 76.7 cm³/mol. The van der Waals surface area contributed by atoms with E-state index in [4.69, 9.17) is 11.6 Å². The van der Waals surface area contributed by atoms with Crippen LogP contribution in [-0.2, 0) is 9.59 Å². The second-order valence-corrected chi connectivity index (χ2v) is 6.12. The summed E-state index contributed by atoms with van der Waals surface area (Å²) in [6.07, 6.45) is 0.428. The Bertz CT molecular complexity index is 521. The maximum Gasteiger partial charge on any atom is 0.227 e. The zero-order valence-corrected chi connectivity index (χ0v) is 12.0. The Balaban J connectivity index is 2.09. The van der Waals surface area contributed by atoms with E-state index < -0.39 is 0 Å². The summed E-state index contributed by atoms with van der Waals surface area (Å²) in [5.74, 6) is 0.880. The Kier molecular flexibility index (Phi) is 4.37. The van der Waals surface area contributed by atoms with Crippen molar-refractivity contribution in [2.45, 2.75) is 13.3 Å². The maximum absolute atomic E-state index is 12.0. The first-order valence-corrected chi connectivity index (χ1v) is 7.26. The van der Waals surface area contributed by atoms with Crippen LogP contribution in [0.3, 0.4) is 0 Å². The van der Waals surface area contributed by atoms with Gasteiger partial charge in [-0.3, -0.25) is 9.59 Å². The molecule has 1 atom stereocenters. The average Bonchev–Trinajstić information content (AvgIpc) is 2.68. The Hall–Kier alpha value is -1.20. The number of hydrogen-bond acceptors (Lipinski definition) is 4. The van der Waals surface area contributed by atoms with Crippen molar-refractivity contribution in [1.29, 1.82) is 0 Å². The Morgan fingerprint density at radius 3 is 2.95 bits per heavy atom. The Labute approximate surface area is 120 Å². The molecule has 19 heavy (non-hydrogen) atoms. The lowest BCUT2D eigenvalue weighted by atomic mass is 10.1. The van der Waals surface area contributed by atoms with Gasteiger partial charge in [0, 0.05) is 31.7 Å². The molecule has 6 heteroatoms. The summed E-state index contributed by atoms with van der Waals surface area (Å²) < 4.78 is 0. The van der Waals surface area contributed by atoms with E-state index in [0.717, 1.165) is 0 Å². The van der Waals surface area contributed by atoms with Crippen molar-refractivity contribution < 1.29 is 14.7 Å². The number of halogens is 1. The van der Waals surface area contributed by atoms with E-state index in [1.165, 1.54) is 30.8 Å². The number of carbonyl (C=O) groups is 2. The molecule has 4 nitrogen and oxygen atoms in total. The molecule has 1 saturated heterocycles. The van der Waals surface area contributed by atoms with Gasteiger partial charge >= 0.3 is 0 Å². The lowest BCUT2D eigenvalue weighted by Crippen LogP contribution is -2.25. The Morgan fingerprint density at radius 1 is 1.58 bits per heavy atom. The number of amides is 1. The van der Waals surface area contributed by atoms with Crippen LogP contribution in [0.5, 0.6) is 5.75 Å². The molecule has 0 bridgehead atoms. The van der Waals surface area contributed by atoms with Crippen molar-refractivity contribution in [3.63, 3.8) is 0 Å². The van der Waals surface area contributed by atoms with Crippen LogP contribution in [0.25, 0.3) is 0 Å². The SMILES string of the molecule is CC(=O)SCC1CC(=O)N(c2ccc(O)cc2Cl)C1. The molecule has 1 aliphatic heterocycles. The minimum absolute atomic E-state index is 0.00161. The van der Waals surface area contributed by atoms with Gasteiger partial charge in [0.25, 0.3) is 0 Å². The zero-order chi connectivity index (χ0) is 14.0. The fourth-order valence-electron chi connectivity index (χ4n) is 2.08. The summed E-state index contributed by atoms with van der Waals surface area (Å²) in [7, 11) is 0. The van der Waals surface area contributed by atoms with Gasteiger partial charge < -0.3 is 10.0 Å².